The van der Waals surface area contributed by atoms with E-state index in [9.17, 15) is 24.5 Å². The molecular formula is C23H28FNO6. The van der Waals surface area contributed by atoms with Crippen molar-refractivity contribution in [2.45, 2.75) is 18.3 Å². The second kappa shape index (κ2) is 14.9. The highest BCUT2D eigenvalue weighted by atomic mass is 19.1. The van der Waals surface area contributed by atoms with Crippen molar-refractivity contribution in [1.82, 2.24) is 4.90 Å². The number of hydrogen-bond acceptors (Lipinski definition) is 6. The first-order valence-corrected chi connectivity index (χ1v) is 9.51. The fourth-order valence-electron chi connectivity index (χ4n) is 1.93. The zero-order valence-corrected chi connectivity index (χ0v) is 17.5. The molecule has 168 valence electrons. The zero-order valence-electron chi connectivity index (χ0n) is 17.5. The van der Waals surface area contributed by atoms with Crippen LogP contribution in [-0.2, 0) is 9.53 Å². The lowest BCUT2D eigenvalue weighted by Gasteiger charge is -2.15. The minimum Gasteiger partial charge on any atom is -0.491 e. The van der Waals surface area contributed by atoms with E-state index in [1.165, 1.54) is 59.5 Å². The molecule has 0 heterocycles. The van der Waals surface area contributed by atoms with Crippen LogP contribution in [-0.4, -0.2) is 78.4 Å². The number of carbonyl (C=O) groups is 1. The van der Waals surface area contributed by atoms with Crippen LogP contribution in [0.1, 0.15) is 0 Å². The molecule has 0 saturated heterocycles. The normalized spacial score (nSPS) is 14.4. The molecule has 0 aliphatic rings. The predicted molar refractivity (Wildman–Crippen MR) is 115 cm³/mol. The van der Waals surface area contributed by atoms with E-state index in [1.54, 1.807) is 20.2 Å². The summed E-state index contributed by atoms with van der Waals surface area (Å²) >= 11 is 0. The van der Waals surface area contributed by atoms with Crippen LogP contribution in [0.4, 0.5) is 4.39 Å². The van der Waals surface area contributed by atoms with Gasteiger partial charge in [-0.3, -0.25) is 4.79 Å². The summed E-state index contributed by atoms with van der Waals surface area (Å²) in [5.41, 5.74) is 0. The molecule has 0 spiro atoms. The summed E-state index contributed by atoms with van der Waals surface area (Å²) in [6, 6.07) is 5.48. The smallest absolute Gasteiger partial charge is 0.248 e. The number of allylic oxidation sites excluding steroid dienone is 4. The van der Waals surface area contributed by atoms with E-state index >= 15 is 0 Å². The molecule has 3 N–H and O–H groups in total. The van der Waals surface area contributed by atoms with Gasteiger partial charge in [0.25, 0.3) is 0 Å². The van der Waals surface area contributed by atoms with Crippen molar-refractivity contribution in [3.8, 4) is 17.6 Å². The molecule has 31 heavy (non-hydrogen) atoms. The average molecular weight is 433 g/mol. The molecule has 3 atom stereocenters. The lowest BCUT2D eigenvalue weighted by atomic mass is 10.2. The molecule has 0 fully saturated rings. The summed E-state index contributed by atoms with van der Waals surface area (Å²) in [4.78, 5) is 12.7. The first-order valence-electron chi connectivity index (χ1n) is 9.51. The standard InChI is InChI=1S/C23H28FNO6/c1-25(2)23(29)17-30-16-22(28)21(27)10-8-6-4-3-5-7-9-19(26)15-31-20-13-11-18(24)12-14-20/h4,6-14,19,21-22,26-28H,15-17H2,1-2H3/t19-,21+,22-/m0/s1. The van der Waals surface area contributed by atoms with Gasteiger partial charge in [-0.05, 0) is 42.5 Å². The van der Waals surface area contributed by atoms with E-state index in [0.717, 1.165) is 0 Å². The van der Waals surface area contributed by atoms with Crippen molar-refractivity contribution in [1.29, 1.82) is 0 Å². The number of halogens is 1. The van der Waals surface area contributed by atoms with Crippen LogP contribution in [0.3, 0.4) is 0 Å². The number of aliphatic hydroxyl groups is 3. The Bertz CT molecular complexity index is 808. The maximum atomic E-state index is 12.8. The number of rotatable bonds is 11. The average Bonchev–Trinajstić information content (AvgIpc) is 2.74. The third-order valence-corrected chi connectivity index (χ3v) is 3.73. The Morgan fingerprint density at radius 2 is 1.74 bits per heavy atom. The quantitative estimate of drug-likeness (QED) is 0.357. The molecule has 0 saturated carbocycles. The number of benzene rings is 1. The van der Waals surface area contributed by atoms with Gasteiger partial charge in [0.15, 0.2) is 0 Å². The van der Waals surface area contributed by atoms with Gasteiger partial charge < -0.3 is 29.7 Å². The zero-order chi connectivity index (χ0) is 23.1. The van der Waals surface area contributed by atoms with Gasteiger partial charge in [-0.2, -0.15) is 0 Å². The molecule has 1 aromatic rings. The summed E-state index contributed by atoms with van der Waals surface area (Å²) in [5.74, 6) is 5.26. The van der Waals surface area contributed by atoms with Crippen LogP contribution in [0, 0.1) is 17.7 Å². The summed E-state index contributed by atoms with van der Waals surface area (Å²) in [7, 11) is 3.19. The number of carbonyl (C=O) groups excluding carboxylic acids is 1. The van der Waals surface area contributed by atoms with Crippen LogP contribution in [0.2, 0.25) is 0 Å². The van der Waals surface area contributed by atoms with Crippen molar-refractivity contribution < 1.29 is 34.0 Å². The fourth-order valence-corrected chi connectivity index (χ4v) is 1.93. The predicted octanol–water partition coefficient (Wildman–Crippen LogP) is 1.06. The van der Waals surface area contributed by atoms with E-state index in [-0.39, 0.29) is 31.5 Å². The largest absolute Gasteiger partial charge is 0.491 e. The van der Waals surface area contributed by atoms with Gasteiger partial charge in [0.05, 0.1) is 6.61 Å². The third-order valence-electron chi connectivity index (χ3n) is 3.73. The van der Waals surface area contributed by atoms with Crippen molar-refractivity contribution in [2.24, 2.45) is 0 Å². The Morgan fingerprint density at radius 3 is 2.42 bits per heavy atom. The molecule has 1 aromatic carbocycles. The van der Waals surface area contributed by atoms with Crippen LogP contribution in [0.25, 0.3) is 0 Å². The van der Waals surface area contributed by atoms with E-state index in [2.05, 4.69) is 11.8 Å². The van der Waals surface area contributed by atoms with E-state index < -0.39 is 18.3 Å². The highest BCUT2D eigenvalue weighted by molar-refractivity contribution is 5.76. The number of hydrogen-bond donors (Lipinski definition) is 3. The van der Waals surface area contributed by atoms with Crippen LogP contribution < -0.4 is 4.74 Å². The monoisotopic (exact) mass is 433 g/mol. The third kappa shape index (κ3) is 12.4. The molecule has 0 radical (unpaired) electrons. The molecule has 0 aromatic heterocycles. The van der Waals surface area contributed by atoms with Gasteiger partial charge in [-0.15, -0.1) is 0 Å². The molecule has 1 rings (SSSR count). The van der Waals surface area contributed by atoms with Gasteiger partial charge in [0, 0.05) is 14.1 Å². The van der Waals surface area contributed by atoms with Crippen molar-refractivity contribution in [3.63, 3.8) is 0 Å². The minimum absolute atomic E-state index is 0.00955. The summed E-state index contributed by atoms with van der Waals surface area (Å²) in [6.07, 6.45) is 5.73. The van der Waals surface area contributed by atoms with Crippen LogP contribution in [0.15, 0.2) is 60.7 Å². The van der Waals surface area contributed by atoms with Crippen LogP contribution >= 0.6 is 0 Å². The van der Waals surface area contributed by atoms with Crippen molar-refractivity contribution >= 4 is 5.91 Å². The number of aliphatic hydroxyl groups excluding tert-OH is 3. The van der Waals surface area contributed by atoms with Crippen molar-refractivity contribution in [3.05, 3.63) is 66.5 Å². The molecule has 7 nitrogen and oxygen atoms in total. The van der Waals surface area contributed by atoms with E-state index in [4.69, 9.17) is 9.47 Å². The summed E-state index contributed by atoms with van der Waals surface area (Å²) < 4.78 is 23.1. The molecule has 0 aliphatic carbocycles. The first-order chi connectivity index (χ1) is 14.8. The molecule has 0 bridgehead atoms. The SMILES string of the molecule is CN(C)C(=O)COC[C@H](O)[C@H](O)C=CC=CC#CC=C[C@H](O)COc1ccc(F)cc1. The molecule has 8 heteroatoms. The number of likely N-dealkylation sites (N-methyl/N-ethyl adjacent to an activating group) is 1. The maximum absolute atomic E-state index is 12.8. The molecular weight excluding hydrogens is 405 g/mol. The van der Waals surface area contributed by atoms with Gasteiger partial charge in [0.2, 0.25) is 5.91 Å². The second-order valence-electron chi connectivity index (χ2n) is 6.59. The van der Waals surface area contributed by atoms with Gasteiger partial charge >= 0.3 is 0 Å². The Morgan fingerprint density at radius 1 is 1.06 bits per heavy atom. The number of nitrogens with zero attached hydrogens (tertiary/aromatic N) is 1. The minimum atomic E-state index is -1.16. The van der Waals surface area contributed by atoms with Gasteiger partial charge in [-0.25, -0.2) is 4.39 Å². The Hall–Kier alpha value is -2.96. The lowest BCUT2D eigenvalue weighted by molar-refractivity contribution is -0.135. The van der Waals surface area contributed by atoms with Crippen LogP contribution in [0.5, 0.6) is 5.75 Å². The highest BCUT2D eigenvalue weighted by Crippen LogP contribution is 2.11. The van der Waals surface area contributed by atoms with E-state index in [0.29, 0.717) is 5.75 Å². The maximum Gasteiger partial charge on any atom is 0.248 e. The topological polar surface area (TPSA) is 99.5 Å². The fraction of sp³-hybridized carbons (Fsp3) is 0.348. The number of amides is 1. The highest BCUT2D eigenvalue weighted by Gasteiger charge is 2.14. The van der Waals surface area contributed by atoms with E-state index in [1.807, 2.05) is 0 Å². The second-order valence-corrected chi connectivity index (χ2v) is 6.59. The summed E-state index contributed by atoms with van der Waals surface area (Å²) in [5, 5.41) is 29.3. The lowest BCUT2D eigenvalue weighted by Crippen LogP contribution is -2.32. The molecule has 0 unspecified atom stereocenters. The first kappa shape index (κ1) is 26.1. The Balaban J connectivity index is 2.26. The summed E-state index contributed by atoms with van der Waals surface area (Å²) in [6.45, 7) is -0.335. The number of ether oxygens (including phenoxy) is 2. The van der Waals surface area contributed by atoms with Crippen molar-refractivity contribution in [2.75, 3.05) is 33.9 Å². The molecule has 1 amide bonds. The van der Waals surface area contributed by atoms with Gasteiger partial charge in [-0.1, -0.05) is 30.1 Å². The Labute approximate surface area is 181 Å². The Kier molecular flexibility index (Phi) is 12.6. The van der Waals surface area contributed by atoms with Gasteiger partial charge in [0.1, 0.15) is 43.1 Å². The molecule has 0 aliphatic heterocycles.